The maximum absolute atomic E-state index is 10.9. The van der Waals surface area contributed by atoms with Crippen molar-refractivity contribution in [2.24, 2.45) is 0 Å². The minimum absolute atomic E-state index is 0.159. The molecule has 0 heterocycles. The number of ether oxygens (including phenoxy) is 2. The van der Waals surface area contributed by atoms with Gasteiger partial charge in [-0.15, -0.1) is 0 Å². The van der Waals surface area contributed by atoms with Crippen molar-refractivity contribution in [2.75, 3.05) is 12.4 Å². The number of hydrogen-bond donors (Lipinski definition) is 1. The van der Waals surface area contributed by atoms with E-state index in [0.717, 1.165) is 22.3 Å². The maximum Gasteiger partial charge on any atom is 0.264 e. The van der Waals surface area contributed by atoms with Crippen LogP contribution < -0.4 is 9.47 Å². The molecule has 1 N–H and O–H groups in total. The average molecular weight is 425 g/mol. The first-order valence-corrected chi connectivity index (χ1v) is 11.2. The molecule has 0 aromatic heterocycles. The Balaban J connectivity index is 1.81. The molecule has 156 valence electrons. The van der Waals surface area contributed by atoms with Crippen LogP contribution in [0.3, 0.4) is 0 Å². The summed E-state index contributed by atoms with van der Waals surface area (Å²) in [5, 5.41) is 0. The highest BCUT2D eigenvalue weighted by atomic mass is 32.2. The first kappa shape index (κ1) is 21.6. The van der Waals surface area contributed by atoms with Gasteiger partial charge in [0.2, 0.25) is 0 Å². The van der Waals surface area contributed by atoms with Crippen LogP contribution in [-0.2, 0) is 16.7 Å². The molecule has 5 nitrogen and oxygen atoms in total. The monoisotopic (exact) mass is 424 g/mol. The Hall–Kier alpha value is -3.09. The molecule has 6 heteroatoms. The van der Waals surface area contributed by atoms with Gasteiger partial charge in [-0.3, -0.25) is 4.55 Å². The Kier molecular flexibility index (Phi) is 7.27. The van der Waals surface area contributed by atoms with Gasteiger partial charge in [0.15, 0.2) is 0 Å². The van der Waals surface area contributed by atoms with Crippen LogP contribution in [-0.4, -0.2) is 25.3 Å². The summed E-state index contributed by atoms with van der Waals surface area (Å²) < 4.78 is 42.7. The molecule has 3 aromatic carbocycles. The molecule has 0 aliphatic heterocycles. The summed E-state index contributed by atoms with van der Waals surface area (Å²) in [6.07, 6.45) is 1.98. The van der Waals surface area contributed by atoms with E-state index < -0.39 is 10.1 Å². The van der Waals surface area contributed by atoms with E-state index in [-0.39, 0.29) is 18.8 Å². The van der Waals surface area contributed by atoms with E-state index in [1.165, 1.54) is 0 Å². The van der Waals surface area contributed by atoms with Gasteiger partial charge in [0, 0.05) is 0 Å². The Morgan fingerprint density at radius 1 is 0.867 bits per heavy atom. The second-order valence-electron chi connectivity index (χ2n) is 6.72. The van der Waals surface area contributed by atoms with E-state index in [1.807, 2.05) is 72.8 Å². The lowest BCUT2D eigenvalue weighted by molar-refractivity contribution is 0.297. The molecule has 0 atom stereocenters. The van der Waals surface area contributed by atoms with Crippen molar-refractivity contribution >= 4 is 16.2 Å². The lowest BCUT2D eigenvalue weighted by Crippen LogP contribution is -2.09. The number of rotatable bonds is 10. The van der Waals surface area contributed by atoms with Gasteiger partial charge in [-0.05, 0) is 35.2 Å². The SMILES string of the molecule is C=Cc1ccc(COc2cccc(OCCCS(=O)(=O)O)c2-c2ccccc2)cc1. The van der Waals surface area contributed by atoms with Crippen LogP contribution in [0, 0.1) is 0 Å². The van der Waals surface area contributed by atoms with Gasteiger partial charge in [0.1, 0.15) is 18.1 Å². The Labute approximate surface area is 177 Å². The summed E-state index contributed by atoms with van der Waals surface area (Å²) in [5.41, 5.74) is 3.80. The summed E-state index contributed by atoms with van der Waals surface area (Å²) in [5.74, 6) is 0.919. The highest BCUT2D eigenvalue weighted by molar-refractivity contribution is 7.85. The van der Waals surface area contributed by atoms with E-state index in [0.29, 0.717) is 18.1 Å². The maximum atomic E-state index is 10.9. The van der Waals surface area contributed by atoms with Crippen LogP contribution in [0.5, 0.6) is 11.5 Å². The molecule has 0 saturated carbocycles. The number of benzene rings is 3. The van der Waals surface area contributed by atoms with Gasteiger partial charge in [0.25, 0.3) is 10.1 Å². The second-order valence-corrected chi connectivity index (χ2v) is 8.29. The van der Waals surface area contributed by atoms with Crippen molar-refractivity contribution in [3.8, 4) is 22.6 Å². The third-order valence-electron chi connectivity index (χ3n) is 4.46. The first-order valence-electron chi connectivity index (χ1n) is 9.57. The normalized spacial score (nSPS) is 11.1. The molecule has 0 fully saturated rings. The van der Waals surface area contributed by atoms with E-state index in [4.69, 9.17) is 14.0 Å². The van der Waals surface area contributed by atoms with Crippen molar-refractivity contribution in [3.05, 3.63) is 90.5 Å². The van der Waals surface area contributed by atoms with Crippen LogP contribution in [0.25, 0.3) is 17.2 Å². The van der Waals surface area contributed by atoms with Crippen LogP contribution >= 0.6 is 0 Å². The summed E-state index contributed by atoms with van der Waals surface area (Å²) in [6, 6.07) is 23.2. The van der Waals surface area contributed by atoms with E-state index in [2.05, 4.69) is 6.58 Å². The topological polar surface area (TPSA) is 72.8 Å². The van der Waals surface area contributed by atoms with Gasteiger partial charge in [-0.1, -0.05) is 73.3 Å². The summed E-state index contributed by atoms with van der Waals surface area (Å²) in [7, 11) is -4.00. The lowest BCUT2D eigenvalue weighted by atomic mass is 10.0. The van der Waals surface area contributed by atoms with E-state index in [9.17, 15) is 8.42 Å². The zero-order chi connectivity index (χ0) is 21.4. The fourth-order valence-electron chi connectivity index (χ4n) is 2.98. The highest BCUT2D eigenvalue weighted by Crippen LogP contribution is 2.38. The zero-order valence-corrected chi connectivity index (χ0v) is 17.3. The predicted molar refractivity (Wildman–Crippen MR) is 119 cm³/mol. The molecule has 0 radical (unpaired) electrons. The van der Waals surface area contributed by atoms with Crippen molar-refractivity contribution in [1.82, 2.24) is 0 Å². The standard InChI is InChI=1S/C24H24O5S/c1-2-19-12-14-20(15-13-19)18-29-23-11-6-10-22(28-16-7-17-30(25,26)27)24(23)21-8-4-3-5-9-21/h2-6,8-15H,1,7,16-18H2,(H,25,26,27). The largest absolute Gasteiger partial charge is 0.493 e. The molecule has 0 saturated heterocycles. The molecule has 0 bridgehead atoms. The second kappa shape index (κ2) is 10.1. The van der Waals surface area contributed by atoms with Crippen molar-refractivity contribution in [2.45, 2.75) is 13.0 Å². The fraction of sp³-hybridized carbons (Fsp3) is 0.167. The average Bonchev–Trinajstić information content (AvgIpc) is 2.75. The third kappa shape index (κ3) is 6.20. The van der Waals surface area contributed by atoms with Gasteiger partial charge < -0.3 is 9.47 Å². The molecule has 0 aliphatic rings. The first-order chi connectivity index (χ1) is 14.5. The Morgan fingerprint density at radius 3 is 2.17 bits per heavy atom. The van der Waals surface area contributed by atoms with Crippen LogP contribution in [0.2, 0.25) is 0 Å². The molecule has 30 heavy (non-hydrogen) atoms. The van der Waals surface area contributed by atoms with Gasteiger partial charge in [-0.25, -0.2) is 0 Å². The molecule has 0 aliphatic carbocycles. The minimum atomic E-state index is -4.00. The Bertz CT molecular complexity index is 1070. The lowest BCUT2D eigenvalue weighted by Gasteiger charge is -2.17. The van der Waals surface area contributed by atoms with E-state index in [1.54, 1.807) is 6.08 Å². The number of hydrogen-bond acceptors (Lipinski definition) is 4. The van der Waals surface area contributed by atoms with Gasteiger partial charge in [-0.2, -0.15) is 8.42 Å². The quantitative estimate of drug-likeness (QED) is 0.356. The van der Waals surface area contributed by atoms with Crippen LogP contribution in [0.1, 0.15) is 17.5 Å². The molecule has 0 spiro atoms. The van der Waals surface area contributed by atoms with Crippen LogP contribution in [0.15, 0.2) is 79.4 Å². The smallest absolute Gasteiger partial charge is 0.264 e. The molecular weight excluding hydrogens is 400 g/mol. The van der Waals surface area contributed by atoms with Crippen molar-refractivity contribution in [1.29, 1.82) is 0 Å². The van der Waals surface area contributed by atoms with Crippen molar-refractivity contribution in [3.63, 3.8) is 0 Å². The summed E-state index contributed by atoms with van der Waals surface area (Å²) in [4.78, 5) is 0. The summed E-state index contributed by atoms with van der Waals surface area (Å²) in [6.45, 7) is 4.31. The molecule has 3 aromatic rings. The van der Waals surface area contributed by atoms with E-state index >= 15 is 0 Å². The minimum Gasteiger partial charge on any atom is -0.493 e. The zero-order valence-electron chi connectivity index (χ0n) is 16.5. The Morgan fingerprint density at radius 2 is 1.53 bits per heavy atom. The summed E-state index contributed by atoms with van der Waals surface area (Å²) >= 11 is 0. The molecule has 0 amide bonds. The molecule has 3 rings (SSSR count). The van der Waals surface area contributed by atoms with Gasteiger partial charge >= 0.3 is 0 Å². The fourth-order valence-corrected chi connectivity index (χ4v) is 3.46. The van der Waals surface area contributed by atoms with Crippen molar-refractivity contribution < 1.29 is 22.4 Å². The third-order valence-corrected chi connectivity index (χ3v) is 5.27. The van der Waals surface area contributed by atoms with Gasteiger partial charge in [0.05, 0.1) is 17.9 Å². The van der Waals surface area contributed by atoms with Crippen LogP contribution in [0.4, 0.5) is 0 Å². The highest BCUT2D eigenvalue weighted by Gasteiger charge is 2.14. The predicted octanol–water partition coefficient (Wildman–Crippen LogP) is 5.23. The molecular formula is C24H24O5S. The molecule has 0 unspecified atom stereocenters.